The van der Waals surface area contributed by atoms with Gasteiger partial charge in [-0.2, -0.15) is 0 Å². The highest BCUT2D eigenvalue weighted by atomic mass is 31.2. The molecule has 1 aliphatic carbocycles. The minimum atomic E-state index is -4.81. The van der Waals surface area contributed by atoms with Crippen molar-refractivity contribution in [1.82, 2.24) is 0 Å². The molecule has 56 heavy (non-hydrogen) atoms. The third-order valence-electron chi connectivity index (χ3n) is 11.4. The van der Waals surface area contributed by atoms with Gasteiger partial charge in [-0.1, -0.05) is 168 Å². The molecule has 12 heteroatoms. The van der Waals surface area contributed by atoms with Gasteiger partial charge in [-0.25, -0.2) is 4.57 Å². The number of aliphatic hydroxyl groups excluding tert-OH is 3. The molecule has 0 aromatic carbocycles. The molecule has 0 aromatic rings. The van der Waals surface area contributed by atoms with Crippen molar-refractivity contribution >= 4 is 19.8 Å². The SMILES string of the molecule is CCCCC[C@H](O)/C=C/[C@@H]1[C@@H](CCCCCCC(=O)O[C@H](COC(=O)CCCCCCCCCCCCCCCCC(C)CC)COP(=O)(O)O)[C@@H](O)C[C@H]1O. The van der Waals surface area contributed by atoms with Crippen LogP contribution in [0.25, 0.3) is 0 Å². The monoisotopic (exact) mass is 819 g/mol. The number of aliphatic hydroxyl groups is 3. The van der Waals surface area contributed by atoms with E-state index >= 15 is 0 Å². The van der Waals surface area contributed by atoms with Gasteiger partial charge in [0.2, 0.25) is 0 Å². The first-order valence-corrected chi connectivity index (χ1v) is 24.2. The number of ether oxygens (including phenoxy) is 2. The average molecular weight is 819 g/mol. The van der Waals surface area contributed by atoms with E-state index in [0.29, 0.717) is 25.7 Å². The van der Waals surface area contributed by atoms with Crippen molar-refractivity contribution in [3.8, 4) is 0 Å². The van der Waals surface area contributed by atoms with Crippen LogP contribution in [0.1, 0.15) is 201 Å². The number of carbonyl (C=O) groups is 2. The molecular formula is C44H83O11P. The molecule has 1 unspecified atom stereocenters. The van der Waals surface area contributed by atoms with Crippen LogP contribution >= 0.6 is 7.82 Å². The first-order chi connectivity index (χ1) is 26.9. The number of hydrogen-bond donors (Lipinski definition) is 5. The van der Waals surface area contributed by atoms with Crippen molar-refractivity contribution in [2.45, 2.75) is 225 Å². The number of unbranched alkanes of at least 4 members (excludes halogenated alkanes) is 18. The molecule has 0 amide bonds. The van der Waals surface area contributed by atoms with Gasteiger partial charge in [0.05, 0.1) is 24.9 Å². The lowest BCUT2D eigenvalue weighted by molar-refractivity contribution is -0.161. The minimum Gasteiger partial charge on any atom is -0.462 e. The van der Waals surface area contributed by atoms with Crippen LogP contribution in [-0.2, 0) is 28.2 Å². The summed E-state index contributed by atoms with van der Waals surface area (Å²) in [7, 11) is -4.81. The molecule has 0 radical (unpaired) electrons. The van der Waals surface area contributed by atoms with Gasteiger partial charge < -0.3 is 34.6 Å². The van der Waals surface area contributed by atoms with Crippen molar-refractivity contribution in [2.75, 3.05) is 13.2 Å². The highest BCUT2D eigenvalue weighted by Crippen LogP contribution is 2.38. The normalized spacial score (nSPS) is 20.4. The first-order valence-electron chi connectivity index (χ1n) is 22.6. The molecule has 1 aliphatic rings. The lowest BCUT2D eigenvalue weighted by atomic mass is 9.88. The molecule has 0 heterocycles. The van der Waals surface area contributed by atoms with E-state index in [1.54, 1.807) is 6.08 Å². The summed E-state index contributed by atoms with van der Waals surface area (Å²) in [6, 6.07) is 0. The van der Waals surface area contributed by atoms with E-state index in [2.05, 4.69) is 25.3 Å². The Labute approximate surface area is 340 Å². The Bertz CT molecular complexity index is 1050. The number of esters is 2. The number of rotatable bonds is 37. The van der Waals surface area contributed by atoms with Gasteiger partial charge in [-0.15, -0.1) is 0 Å². The summed E-state index contributed by atoms with van der Waals surface area (Å²) in [5.74, 6) is -0.440. The first kappa shape index (κ1) is 52.7. The Morgan fingerprint density at radius 3 is 1.77 bits per heavy atom. The highest BCUT2D eigenvalue weighted by Gasteiger charge is 2.39. The van der Waals surface area contributed by atoms with Gasteiger partial charge in [-0.3, -0.25) is 14.1 Å². The van der Waals surface area contributed by atoms with Crippen LogP contribution < -0.4 is 0 Å². The standard InChI is InChI=1S/C44H83O11P/c1-4-6-21-27-37(45)31-32-40-39(41(46)33-42(40)47)28-23-19-20-25-30-44(49)55-38(35-54-56(50,51)52)34-53-43(48)29-24-18-16-14-12-10-8-7-9-11-13-15-17-22-26-36(3)5-2/h31-32,36-42,45-47H,4-30,33-35H2,1-3H3,(H2,50,51,52)/b32-31+/t36?,37-,38+,39+,40+,41-,42+/m0/s1. The molecule has 7 atom stereocenters. The predicted octanol–water partition coefficient (Wildman–Crippen LogP) is 10.0. The maximum Gasteiger partial charge on any atom is 0.469 e. The van der Waals surface area contributed by atoms with E-state index in [4.69, 9.17) is 19.3 Å². The number of carbonyl (C=O) groups excluding carboxylic acids is 2. The molecule has 0 bridgehead atoms. The van der Waals surface area contributed by atoms with E-state index in [0.717, 1.165) is 70.1 Å². The molecule has 0 aliphatic heterocycles. The van der Waals surface area contributed by atoms with Gasteiger partial charge >= 0.3 is 19.8 Å². The van der Waals surface area contributed by atoms with Crippen LogP contribution in [0.5, 0.6) is 0 Å². The third-order valence-corrected chi connectivity index (χ3v) is 11.9. The Morgan fingerprint density at radius 2 is 1.21 bits per heavy atom. The molecule has 1 saturated carbocycles. The Balaban J connectivity index is 2.21. The lowest BCUT2D eigenvalue weighted by Gasteiger charge is -2.21. The lowest BCUT2D eigenvalue weighted by Crippen LogP contribution is -2.29. The fourth-order valence-corrected chi connectivity index (χ4v) is 7.98. The van der Waals surface area contributed by atoms with Gasteiger partial charge in [0.15, 0.2) is 6.10 Å². The predicted molar refractivity (Wildman–Crippen MR) is 223 cm³/mol. The highest BCUT2D eigenvalue weighted by molar-refractivity contribution is 7.46. The fourth-order valence-electron chi connectivity index (χ4n) is 7.62. The molecule has 330 valence electrons. The quantitative estimate of drug-likeness (QED) is 0.0174. The van der Waals surface area contributed by atoms with Crippen molar-refractivity contribution in [1.29, 1.82) is 0 Å². The number of phosphoric acid groups is 1. The summed E-state index contributed by atoms with van der Waals surface area (Å²) >= 11 is 0. The maximum absolute atomic E-state index is 12.5. The van der Waals surface area contributed by atoms with E-state index in [1.807, 2.05) is 6.08 Å². The van der Waals surface area contributed by atoms with Crippen LogP contribution in [-0.4, -0.2) is 74.7 Å². The number of hydrogen-bond acceptors (Lipinski definition) is 9. The zero-order valence-electron chi connectivity index (χ0n) is 35.5. The topological polar surface area (TPSA) is 180 Å². The van der Waals surface area contributed by atoms with Crippen LogP contribution in [0.4, 0.5) is 0 Å². The molecule has 0 spiro atoms. The second-order valence-electron chi connectivity index (χ2n) is 16.6. The van der Waals surface area contributed by atoms with Crippen molar-refractivity contribution in [3.05, 3.63) is 12.2 Å². The van der Waals surface area contributed by atoms with E-state index < -0.39 is 50.8 Å². The molecule has 1 fully saturated rings. The second-order valence-corrected chi connectivity index (χ2v) is 17.8. The smallest absolute Gasteiger partial charge is 0.462 e. The fraction of sp³-hybridized carbons (Fsp3) is 0.909. The number of phosphoric ester groups is 1. The van der Waals surface area contributed by atoms with Crippen LogP contribution in [0.2, 0.25) is 0 Å². The van der Waals surface area contributed by atoms with Crippen LogP contribution in [0, 0.1) is 17.8 Å². The van der Waals surface area contributed by atoms with E-state index in [1.165, 1.54) is 77.0 Å². The molecule has 0 saturated heterocycles. The summed E-state index contributed by atoms with van der Waals surface area (Å²) in [5.41, 5.74) is 0. The zero-order valence-corrected chi connectivity index (χ0v) is 36.4. The van der Waals surface area contributed by atoms with Crippen molar-refractivity contribution in [3.63, 3.8) is 0 Å². The largest absolute Gasteiger partial charge is 0.469 e. The van der Waals surface area contributed by atoms with Gasteiger partial charge in [0.25, 0.3) is 0 Å². The maximum atomic E-state index is 12.5. The van der Waals surface area contributed by atoms with Crippen LogP contribution in [0.15, 0.2) is 12.2 Å². The molecule has 5 N–H and O–H groups in total. The summed E-state index contributed by atoms with van der Waals surface area (Å²) in [4.78, 5) is 43.2. The average Bonchev–Trinajstić information content (AvgIpc) is 3.43. The van der Waals surface area contributed by atoms with Gasteiger partial charge in [0.1, 0.15) is 6.61 Å². The Morgan fingerprint density at radius 1 is 0.696 bits per heavy atom. The zero-order chi connectivity index (χ0) is 41.4. The molecule has 0 aromatic heterocycles. The van der Waals surface area contributed by atoms with Crippen LogP contribution in [0.3, 0.4) is 0 Å². The van der Waals surface area contributed by atoms with Gasteiger partial charge in [-0.05, 0) is 37.5 Å². The van der Waals surface area contributed by atoms with E-state index in [9.17, 15) is 29.5 Å². The summed E-state index contributed by atoms with van der Waals surface area (Å²) < 4.78 is 26.5. The summed E-state index contributed by atoms with van der Waals surface area (Å²) in [5, 5.41) is 31.3. The summed E-state index contributed by atoms with van der Waals surface area (Å²) in [6.07, 6.45) is 28.5. The minimum absolute atomic E-state index is 0.0884. The summed E-state index contributed by atoms with van der Waals surface area (Å²) in [6.45, 7) is 5.80. The molecule has 11 nitrogen and oxygen atoms in total. The molecule has 1 rings (SSSR count). The Hall–Kier alpha value is -1.33. The molecular weight excluding hydrogens is 735 g/mol. The van der Waals surface area contributed by atoms with Crippen molar-refractivity contribution in [2.24, 2.45) is 17.8 Å². The van der Waals surface area contributed by atoms with E-state index in [-0.39, 0.29) is 31.3 Å². The Kier molecular flexibility index (Phi) is 31.5. The van der Waals surface area contributed by atoms with Gasteiger partial charge in [0, 0.05) is 25.2 Å². The third kappa shape index (κ3) is 29.0. The van der Waals surface area contributed by atoms with Crippen molar-refractivity contribution < 1.29 is 53.3 Å². The second kappa shape index (κ2) is 33.5.